The highest BCUT2D eigenvalue weighted by molar-refractivity contribution is 5.87. The Morgan fingerprint density at radius 1 is 1.16 bits per heavy atom. The second-order valence-electron chi connectivity index (χ2n) is 6.14. The van der Waals surface area contributed by atoms with Crippen LogP contribution in [0.15, 0.2) is 48.9 Å². The molecule has 1 aliphatic heterocycles. The fraction of sp³-hybridized carbons (Fsp3) is 0.278. The summed E-state index contributed by atoms with van der Waals surface area (Å²) in [5, 5.41) is 10.7. The monoisotopic (exact) mass is 338 g/mol. The molecule has 128 valence electrons. The van der Waals surface area contributed by atoms with Crippen LogP contribution in [-0.2, 0) is 4.79 Å². The van der Waals surface area contributed by atoms with Gasteiger partial charge in [0.25, 0.3) is 0 Å². The molecule has 7 nitrogen and oxygen atoms in total. The molecule has 0 atom stereocenters. The number of anilines is 1. The molecule has 7 heteroatoms. The Balaban J connectivity index is 1.56. The number of ether oxygens (including phenoxy) is 1. The van der Waals surface area contributed by atoms with E-state index in [1.807, 2.05) is 30.5 Å². The number of aliphatic carboxylic acids is 1. The number of carbonyl (C=O) groups is 1. The number of hydrogen-bond donors (Lipinski definition) is 2. The Morgan fingerprint density at radius 3 is 2.64 bits per heavy atom. The summed E-state index contributed by atoms with van der Waals surface area (Å²) in [6.07, 6.45) is 4.11. The van der Waals surface area contributed by atoms with Gasteiger partial charge >= 0.3 is 5.97 Å². The van der Waals surface area contributed by atoms with Gasteiger partial charge in [0.1, 0.15) is 23.5 Å². The van der Waals surface area contributed by atoms with Crippen LogP contribution >= 0.6 is 0 Å². The Kier molecular flexibility index (Phi) is 3.76. The molecular weight excluding hydrogens is 320 g/mol. The van der Waals surface area contributed by atoms with Crippen molar-refractivity contribution in [1.29, 1.82) is 0 Å². The molecule has 0 saturated carbocycles. The second kappa shape index (κ2) is 6.08. The first-order chi connectivity index (χ1) is 12.2. The molecular formula is C18H18N4O3. The Morgan fingerprint density at radius 2 is 1.92 bits per heavy atom. The third-order valence-corrected chi connectivity index (χ3v) is 4.65. The fourth-order valence-electron chi connectivity index (χ4n) is 3.26. The van der Waals surface area contributed by atoms with Gasteiger partial charge in [-0.2, -0.15) is 0 Å². The lowest BCUT2D eigenvalue weighted by molar-refractivity contribution is -0.157. The van der Waals surface area contributed by atoms with Gasteiger partial charge in [-0.25, -0.2) is 14.8 Å². The zero-order valence-corrected chi connectivity index (χ0v) is 13.6. The van der Waals surface area contributed by atoms with E-state index in [1.165, 1.54) is 6.33 Å². The highest BCUT2D eigenvalue weighted by atomic mass is 16.5. The zero-order valence-electron chi connectivity index (χ0n) is 13.6. The van der Waals surface area contributed by atoms with Crippen LogP contribution in [0, 0.1) is 0 Å². The number of para-hydroxylation sites is 1. The lowest BCUT2D eigenvalue weighted by atomic mass is 9.91. The number of fused-ring (bicyclic) bond motifs is 1. The predicted molar refractivity (Wildman–Crippen MR) is 92.8 cm³/mol. The maximum absolute atomic E-state index is 11.9. The van der Waals surface area contributed by atoms with Crippen LogP contribution in [0.1, 0.15) is 12.8 Å². The van der Waals surface area contributed by atoms with Gasteiger partial charge in [0, 0.05) is 32.1 Å². The van der Waals surface area contributed by atoms with Crippen molar-refractivity contribution in [2.24, 2.45) is 0 Å². The summed E-state index contributed by atoms with van der Waals surface area (Å²) in [6, 6.07) is 11.0. The molecule has 0 spiro atoms. The van der Waals surface area contributed by atoms with E-state index in [1.54, 1.807) is 12.1 Å². The van der Waals surface area contributed by atoms with Gasteiger partial charge in [0.05, 0.1) is 5.39 Å². The number of piperidine rings is 1. The van der Waals surface area contributed by atoms with Gasteiger partial charge in [-0.3, -0.25) is 0 Å². The summed E-state index contributed by atoms with van der Waals surface area (Å²) in [5.74, 6) is 0.476. The van der Waals surface area contributed by atoms with E-state index in [2.05, 4.69) is 19.9 Å². The molecule has 2 N–H and O–H groups in total. The molecule has 4 rings (SSSR count). The van der Waals surface area contributed by atoms with Gasteiger partial charge in [0.15, 0.2) is 0 Å². The molecule has 0 radical (unpaired) electrons. The summed E-state index contributed by atoms with van der Waals surface area (Å²) in [4.78, 5) is 25.7. The number of nitrogens with zero attached hydrogens (tertiary/aromatic N) is 3. The van der Waals surface area contributed by atoms with Crippen molar-refractivity contribution in [3.05, 3.63) is 48.9 Å². The number of carboxylic acids is 1. The van der Waals surface area contributed by atoms with E-state index in [0.29, 0.717) is 31.7 Å². The maximum atomic E-state index is 11.9. The van der Waals surface area contributed by atoms with E-state index in [-0.39, 0.29) is 0 Å². The number of rotatable bonds is 4. The summed E-state index contributed by atoms with van der Waals surface area (Å²) in [6.45, 7) is 1.10. The molecule has 1 fully saturated rings. The minimum atomic E-state index is -1.21. The number of hydrogen-bond acceptors (Lipinski definition) is 5. The molecule has 1 aliphatic rings. The van der Waals surface area contributed by atoms with Crippen molar-refractivity contribution in [3.63, 3.8) is 0 Å². The summed E-state index contributed by atoms with van der Waals surface area (Å²) >= 11 is 0. The van der Waals surface area contributed by atoms with Gasteiger partial charge in [-0.15, -0.1) is 0 Å². The van der Waals surface area contributed by atoms with Gasteiger partial charge in [0.2, 0.25) is 5.60 Å². The smallest absolute Gasteiger partial charge is 0.348 e. The molecule has 0 bridgehead atoms. The molecule has 3 aromatic rings. The van der Waals surface area contributed by atoms with Crippen molar-refractivity contribution in [3.8, 4) is 5.75 Å². The van der Waals surface area contributed by atoms with Crippen molar-refractivity contribution < 1.29 is 14.6 Å². The first kappa shape index (κ1) is 15.4. The first-order valence-electron chi connectivity index (χ1n) is 8.18. The van der Waals surface area contributed by atoms with Crippen LogP contribution in [-0.4, -0.2) is 44.7 Å². The maximum Gasteiger partial charge on any atom is 0.348 e. The van der Waals surface area contributed by atoms with Gasteiger partial charge < -0.3 is 19.7 Å². The Labute approximate surface area is 144 Å². The minimum absolute atomic E-state index is 0.382. The average Bonchev–Trinajstić information content (AvgIpc) is 3.12. The number of carboxylic acid groups (broad SMARTS) is 1. The molecule has 0 unspecified atom stereocenters. The van der Waals surface area contributed by atoms with Crippen LogP contribution in [0.2, 0.25) is 0 Å². The lowest BCUT2D eigenvalue weighted by Crippen LogP contribution is -2.53. The van der Waals surface area contributed by atoms with Crippen molar-refractivity contribution >= 4 is 22.8 Å². The molecule has 1 aromatic carbocycles. The zero-order chi connectivity index (χ0) is 17.3. The van der Waals surface area contributed by atoms with E-state index in [0.717, 1.165) is 16.9 Å². The highest BCUT2D eigenvalue weighted by Crippen LogP contribution is 2.32. The molecule has 0 amide bonds. The SMILES string of the molecule is O=C(O)C1(Oc2ccccc2)CCN(c2ncnc3[nH]ccc23)CC1. The van der Waals surface area contributed by atoms with Crippen molar-refractivity contribution in [1.82, 2.24) is 15.0 Å². The molecule has 25 heavy (non-hydrogen) atoms. The number of H-pyrrole nitrogens is 1. The van der Waals surface area contributed by atoms with Crippen LogP contribution in [0.3, 0.4) is 0 Å². The fourth-order valence-corrected chi connectivity index (χ4v) is 3.26. The average molecular weight is 338 g/mol. The summed E-state index contributed by atoms with van der Waals surface area (Å²) < 4.78 is 5.90. The van der Waals surface area contributed by atoms with Crippen molar-refractivity contribution in [2.45, 2.75) is 18.4 Å². The number of nitrogens with one attached hydrogen (secondary N) is 1. The van der Waals surface area contributed by atoms with Crippen LogP contribution in [0.25, 0.3) is 11.0 Å². The largest absolute Gasteiger partial charge is 0.478 e. The van der Waals surface area contributed by atoms with E-state index in [9.17, 15) is 9.90 Å². The van der Waals surface area contributed by atoms with Gasteiger partial charge in [-0.05, 0) is 18.2 Å². The highest BCUT2D eigenvalue weighted by Gasteiger charge is 2.44. The number of aromatic amines is 1. The van der Waals surface area contributed by atoms with Gasteiger partial charge in [-0.1, -0.05) is 18.2 Å². The second-order valence-corrected chi connectivity index (χ2v) is 6.14. The number of benzene rings is 1. The summed E-state index contributed by atoms with van der Waals surface area (Å²) in [7, 11) is 0. The van der Waals surface area contributed by atoms with E-state index in [4.69, 9.17) is 4.74 Å². The van der Waals surface area contributed by atoms with E-state index >= 15 is 0 Å². The quantitative estimate of drug-likeness (QED) is 0.759. The van der Waals surface area contributed by atoms with Crippen LogP contribution in [0.5, 0.6) is 5.75 Å². The molecule has 2 aromatic heterocycles. The minimum Gasteiger partial charge on any atom is -0.478 e. The predicted octanol–water partition coefficient (Wildman–Crippen LogP) is 2.46. The third kappa shape index (κ3) is 2.77. The lowest BCUT2D eigenvalue weighted by Gasteiger charge is -2.39. The molecule has 0 aliphatic carbocycles. The van der Waals surface area contributed by atoms with Crippen LogP contribution < -0.4 is 9.64 Å². The van der Waals surface area contributed by atoms with Crippen molar-refractivity contribution in [2.75, 3.05) is 18.0 Å². The third-order valence-electron chi connectivity index (χ3n) is 4.65. The van der Waals surface area contributed by atoms with E-state index < -0.39 is 11.6 Å². The Bertz CT molecular complexity index is 885. The topological polar surface area (TPSA) is 91.3 Å². The first-order valence-corrected chi connectivity index (χ1v) is 8.18. The Hall–Kier alpha value is -3.09. The number of aromatic nitrogens is 3. The van der Waals surface area contributed by atoms with Crippen LogP contribution in [0.4, 0.5) is 5.82 Å². The summed E-state index contributed by atoms with van der Waals surface area (Å²) in [5.41, 5.74) is -0.428. The standard InChI is InChI=1S/C18H18N4O3/c23-17(24)18(25-13-4-2-1-3-5-13)7-10-22(11-8-18)16-14-6-9-19-15(14)20-12-21-16/h1-6,9,12H,7-8,10-11H2,(H,23,24)(H,19,20,21). The molecule has 3 heterocycles. The molecule has 1 saturated heterocycles. The normalized spacial score (nSPS) is 16.7.